The molecule has 6 heteroatoms. The van der Waals surface area contributed by atoms with Crippen LogP contribution in [0.5, 0.6) is 0 Å². The maximum atomic E-state index is 12.2. The van der Waals surface area contributed by atoms with Gasteiger partial charge in [-0.3, -0.25) is 4.79 Å². The van der Waals surface area contributed by atoms with Crippen molar-refractivity contribution in [3.8, 4) is 0 Å². The Morgan fingerprint density at radius 1 is 1.47 bits per heavy atom. The van der Waals surface area contributed by atoms with Gasteiger partial charge in [-0.25, -0.2) is 9.97 Å². The Bertz CT molecular complexity index is 489. The van der Waals surface area contributed by atoms with Gasteiger partial charge in [-0.2, -0.15) is 0 Å². The number of nitrogen functional groups attached to an aromatic ring is 1. The minimum atomic E-state index is 0.103. The number of nitrogens with zero attached hydrogens (tertiary/aromatic N) is 3. The number of amides is 1. The summed E-state index contributed by atoms with van der Waals surface area (Å²) in [5.74, 6) is 0.822. The summed E-state index contributed by atoms with van der Waals surface area (Å²) in [6, 6.07) is 0. The number of carbonyl (C=O) groups is 1. The monoisotopic (exact) mass is 278 g/mol. The van der Waals surface area contributed by atoms with E-state index in [0.717, 1.165) is 25.0 Å². The Balaban J connectivity index is 1.95. The number of thioether (sulfide) groups is 1. The molecule has 0 atom stereocenters. The molecule has 1 aromatic rings. The zero-order chi connectivity index (χ0) is 13.7. The number of aromatic nitrogens is 2. The number of nitrogens with two attached hydrogens (primary N) is 1. The molecule has 102 valence electrons. The molecule has 0 bridgehead atoms. The second-order valence-electron chi connectivity index (χ2n) is 4.26. The third kappa shape index (κ3) is 3.47. The Hall–Kier alpha value is -1.56. The second kappa shape index (κ2) is 6.56. The lowest BCUT2D eigenvalue weighted by atomic mass is 10.3. The third-order valence-electron chi connectivity index (χ3n) is 3.00. The molecule has 2 rings (SSSR count). The van der Waals surface area contributed by atoms with E-state index in [1.165, 1.54) is 11.8 Å². The smallest absolute Gasteiger partial charge is 0.237 e. The van der Waals surface area contributed by atoms with Gasteiger partial charge in [-0.15, -0.1) is 0 Å². The van der Waals surface area contributed by atoms with E-state index in [2.05, 4.69) is 16.0 Å². The summed E-state index contributed by atoms with van der Waals surface area (Å²) >= 11 is 1.34. The highest BCUT2D eigenvalue weighted by Crippen LogP contribution is 2.24. The van der Waals surface area contributed by atoms with Crippen molar-refractivity contribution >= 4 is 23.5 Å². The molecular weight excluding hydrogens is 260 g/mol. The highest BCUT2D eigenvalue weighted by Gasteiger charge is 2.19. The fraction of sp³-hybridized carbons (Fsp3) is 0.462. The van der Waals surface area contributed by atoms with Crippen molar-refractivity contribution in [3.63, 3.8) is 0 Å². The lowest BCUT2D eigenvalue weighted by Gasteiger charge is -2.22. The number of hydrogen-bond acceptors (Lipinski definition) is 5. The molecule has 1 heterocycles. The zero-order valence-corrected chi connectivity index (χ0v) is 11.8. The van der Waals surface area contributed by atoms with Gasteiger partial charge in [0.1, 0.15) is 5.03 Å². The zero-order valence-electron chi connectivity index (χ0n) is 11.0. The predicted octanol–water partition coefficient (Wildman–Crippen LogP) is 2.07. The summed E-state index contributed by atoms with van der Waals surface area (Å²) in [7, 11) is 0. The Kier molecular flexibility index (Phi) is 4.79. The largest absolute Gasteiger partial charge is 0.381 e. The molecule has 0 saturated heterocycles. The molecular formula is C13H18N4OS. The first kappa shape index (κ1) is 13.9. The van der Waals surface area contributed by atoms with Crippen molar-refractivity contribution in [1.82, 2.24) is 14.9 Å². The van der Waals surface area contributed by atoms with Crippen LogP contribution in [0.4, 0.5) is 5.82 Å². The van der Waals surface area contributed by atoms with Gasteiger partial charge in [0.05, 0.1) is 5.75 Å². The summed E-state index contributed by atoms with van der Waals surface area (Å²) < 4.78 is 0. The summed E-state index contributed by atoms with van der Waals surface area (Å²) in [4.78, 5) is 22.2. The quantitative estimate of drug-likeness (QED) is 0.835. The van der Waals surface area contributed by atoms with Crippen molar-refractivity contribution in [2.45, 2.75) is 31.2 Å². The van der Waals surface area contributed by atoms with Crippen molar-refractivity contribution in [2.75, 3.05) is 18.0 Å². The first-order valence-corrected chi connectivity index (χ1v) is 7.39. The average Bonchev–Trinajstić information content (AvgIpc) is 2.92. The van der Waals surface area contributed by atoms with E-state index in [-0.39, 0.29) is 5.91 Å². The van der Waals surface area contributed by atoms with Crippen LogP contribution in [-0.2, 0) is 4.79 Å². The van der Waals surface area contributed by atoms with Crippen LogP contribution >= 0.6 is 11.8 Å². The molecule has 0 aromatic carbocycles. The van der Waals surface area contributed by atoms with Gasteiger partial charge >= 0.3 is 0 Å². The lowest BCUT2D eigenvalue weighted by Crippen LogP contribution is -2.31. The summed E-state index contributed by atoms with van der Waals surface area (Å²) in [5, 5.41) is 0.618. The second-order valence-corrected chi connectivity index (χ2v) is 5.23. The molecule has 1 amide bonds. The van der Waals surface area contributed by atoms with Crippen LogP contribution in [0.2, 0.25) is 0 Å². The van der Waals surface area contributed by atoms with E-state index in [1.54, 1.807) is 12.4 Å². The number of anilines is 1. The first-order chi connectivity index (χ1) is 9.22. The average molecular weight is 278 g/mol. The number of carbonyl (C=O) groups excluding carboxylic acids is 1. The minimum Gasteiger partial charge on any atom is -0.381 e. The first-order valence-electron chi connectivity index (χ1n) is 6.41. The number of allylic oxidation sites excluding steroid dienone is 2. The van der Waals surface area contributed by atoms with Crippen LogP contribution in [0.25, 0.3) is 0 Å². The van der Waals surface area contributed by atoms with E-state index in [9.17, 15) is 4.79 Å². The highest BCUT2D eigenvalue weighted by molar-refractivity contribution is 8.00. The van der Waals surface area contributed by atoms with Gasteiger partial charge in [0.15, 0.2) is 5.82 Å². The molecule has 1 aromatic heterocycles. The summed E-state index contributed by atoms with van der Waals surface area (Å²) in [6.45, 7) is 2.71. The van der Waals surface area contributed by atoms with Gasteiger partial charge < -0.3 is 10.6 Å². The highest BCUT2D eigenvalue weighted by atomic mass is 32.2. The number of rotatable bonds is 5. The predicted molar refractivity (Wildman–Crippen MR) is 76.5 cm³/mol. The molecule has 0 saturated carbocycles. The standard InChI is InChI=1S/C13H18N4OS/c1-2-17(10-5-3-4-6-10)11(18)9-19-13-12(14)15-7-8-16-13/h5,7-8H,2-4,6,9H2,1H3,(H2,14,15). The summed E-state index contributed by atoms with van der Waals surface area (Å²) in [5.41, 5.74) is 6.86. The van der Waals surface area contributed by atoms with Crippen molar-refractivity contribution in [3.05, 3.63) is 24.2 Å². The molecule has 0 spiro atoms. The van der Waals surface area contributed by atoms with Gasteiger partial charge in [0, 0.05) is 24.6 Å². The molecule has 2 N–H and O–H groups in total. The Morgan fingerprint density at radius 2 is 2.26 bits per heavy atom. The third-order valence-corrected chi connectivity index (χ3v) is 3.98. The topological polar surface area (TPSA) is 72.1 Å². The van der Waals surface area contributed by atoms with Crippen molar-refractivity contribution in [2.24, 2.45) is 0 Å². The van der Waals surface area contributed by atoms with E-state index in [1.807, 2.05) is 11.8 Å². The van der Waals surface area contributed by atoms with E-state index >= 15 is 0 Å². The number of hydrogen-bond donors (Lipinski definition) is 1. The molecule has 1 aliphatic carbocycles. The van der Waals surface area contributed by atoms with Crippen LogP contribution in [-0.4, -0.2) is 33.1 Å². The maximum absolute atomic E-state index is 12.2. The fourth-order valence-corrected chi connectivity index (χ4v) is 2.85. The van der Waals surface area contributed by atoms with Gasteiger partial charge in [-0.1, -0.05) is 17.8 Å². The Morgan fingerprint density at radius 3 is 2.89 bits per heavy atom. The fourth-order valence-electron chi connectivity index (χ4n) is 2.09. The van der Waals surface area contributed by atoms with E-state index in [0.29, 0.717) is 23.1 Å². The lowest BCUT2D eigenvalue weighted by molar-refractivity contribution is -0.126. The van der Waals surface area contributed by atoms with E-state index in [4.69, 9.17) is 5.73 Å². The van der Waals surface area contributed by atoms with Gasteiger partial charge in [0.2, 0.25) is 5.91 Å². The van der Waals surface area contributed by atoms with Crippen LogP contribution in [0.1, 0.15) is 26.2 Å². The SMILES string of the molecule is CCN(C(=O)CSc1nccnc1N)C1=CCCC1. The maximum Gasteiger partial charge on any atom is 0.237 e. The van der Waals surface area contributed by atoms with Crippen LogP contribution < -0.4 is 5.73 Å². The van der Waals surface area contributed by atoms with E-state index < -0.39 is 0 Å². The summed E-state index contributed by atoms with van der Waals surface area (Å²) in [6.07, 6.45) is 8.50. The molecule has 0 aliphatic heterocycles. The molecule has 0 unspecified atom stereocenters. The molecule has 0 fully saturated rings. The van der Waals surface area contributed by atoms with Crippen molar-refractivity contribution < 1.29 is 4.79 Å². The van der Waals surface area contributed by atoms with Gasteiger partial charge in [-0.05, 0) is 26.2 Å². The van der Waals surface area contributed by atoms with Crippen LogP contribution in [0.3, 0.4) is 0 Å². The molecule has 19 heavy (non-hydrogen) atoms. The minimum absolute atomic E-state index is 0.103. The Labute approximate surface area is 117 Å². The van der Waals surface area contributed by atoms with Crippen molar-refractivity contribution in [1.29, 1.82) is 0 Å². The van der Waals surface area contributed by atoms with Gasteiger partial charge in [0.25, 0.3) is 0 Å². The van der Waals surface area contributed by atoms with Crippen LogP contribution in [0, 0.1) is 0 Å². The molecule has 1 aliphatic rings. The van der Waals surface area contributed by atoms with Crippen LogP contribution in [0.15, 0.2) is 29.2 Å². The normalized spacial score (nSPS) is 14.3. The molecule has 0 radical (unpaired) electrons. The molecule has 5 nitrogen and oxygen atoms in total.